The van der Waals surface area contributed by atoms with Crippen LogP contribution in [0, 0.1) is 0 Å². The smallest absolute Gasteiger partial charge is 0.415 e. The topological polar surface area (TPSA) is 61.8 Å². The summed E-state index contributed by atoms with van der Waals surface area (Å²) in [7, 11) is 0. The first-order valence-electron chi connectivity index (χ1n) is 5.72. The van der Waals surface area contributed by atoms with Crippen molar-refractivity contribution in [3.8, 4) is 0 Å². The van der Waals surface area contributed by atoms with Gasteiger partial charge in [0.1, 0.15) is 6.04 Å². The van der Waals surface area contributed by atoms with Crippen molar-refractivity contribution in [1.82, 2.24) is 10.2 Å². The van der Waals surface area contributed by atoms with E-state index in [0.717, 1.165) is 0 Å². The van der Waals surface area contributed by atoms with Gasteiger partial charge in [-0.3, -0.25) is 9.69 Å². The van der Waals surface area contributed by atoms with Crippen molar-refractivity contribution in [2.45, 2.75) is 25.2 Å². The molecule has 0 radical (unpaired) electrons. The lowest BCUT2D eigenvalue weighted by molar-refractivity contribution is -0.210. The van der Waals surface area contributed by atoms with Crippen LogP contribution in [0.4, 0.5) is 13.2 Å². The van der Waals surface area contributed by atoms with Crippen molar-refractivity contribution >= 4 is 5.97 Å². The second-order valence-electron chi connectivity index (χ2n) is 4.02. The van der Waals surface area contributed by atoms with Crippen molar-refractivity contribution in [1.29, 1.82) is 0 Å². The highest BCUT2D eigenvalue weighted by Crippen LogP contribution is 2.21. The van der Waals surface area contributed by atoms with Crippen molar-refractivity contribution in [2.24, 2.45) is 0 Å². The van der Waals surface area contributed by atoms with Gasteiger partial charge in [-0.05, 0) is 6.92 Å². The highest BCUT2D eigenvalue weighted by molar-refractivity contribution is 5.76. The zero-order valence-electron chi connectivity index (χ0n) is 10.0. The third-order valence-corrected chi connectivity index (χ3v) is 2.70. The number of β-amino-alcohol motifs (C(OH)–C–C–N with tert-alkyl or cyclic N) is 1. The van der Waals surface area contributed by atoms with E-state index in [0.29, 0.717) is 6.54 Å². The summed E-state index contributed by atoms with van der Waals surface area (Å²) in [5, 5.41) is 11.9. The lowest BCUT2D eigenvalue weighted by atomic mass is 10.1. The summed E-state index contributed by atoms with van der Waals surface area (Å²) < 4.78 is 41.6. The van der Waals surface area contributed by atoms with Gasteiger partial charge in [0.15, 0.2) is 6.10 Å². The van der Waals surface area contributed by atoms with Crippen molar-refractivity contribution < 1.29 is 27.8 Å². The molecule has 1 saturated heterocycles. The Morgan fingerprint density at radius 1 is 1.61 bits per heavy atom. The first kappa shape index (κ1) is 15.2. The second-order valence-corrected chi connectivity index (χ2v) is 4.02. The molecular formula is C10H17F3N2O3. The van der Waals surface area contributed by atoms with Gasteiger partial charge in [0.2, 0.25) is 0 Å². The molecule has 8 heteroatoms. The highest BCUT2D eigenvalue weighted by atomic mass is 19.4. The molecule has 1 heterocycles. The Labute approximate surface area is 103 Å². The van der Waals surface area contributed by atoms with Gasteiger partial charge in [0.05, 0.1) is 6.61 Å². The Balaban J connectivity index is 2.62. The number of piperazine rings is 1. The molecule has 5 nitrogen and oxygen atoms in total. The molecule has 0 aromatic carbocycles. The molecule has 0 aromatic rings. The maximum atomic E-state index is 12.3. The van der Waals surface area contributed by atoms with Crippen LogP contribution in [0.25, 0.3) is 0 Å². The summed E-state index contributed by atoms with van der Waals surface area (Å²) in [5.41, 5.74) is 0. The molecule has 1 aliphatic rings. The molecule has 2 N–H and O–H groups in total. The summed E-state index contributed by atoms with van der Waals surface area (Å²) in [4.78, 5) is 12.9. The third-order valence-electron chi connectivity index (χ3n) is 2.70. The van der Waals surface area contributed by atoms with Crippen molar-refractivity contribution in [2.75, 3.05) is 32.8 Å². The van der Waals surface area contributed by atoms with E-state index in [1.54, 1.807) is 6.92 Å². The van der Waals surface area contributed by atoms with Crippen LogP contribution in [0.3, 0.4) is 0 Å². The quantitative estimate of drug-likeness (QED) is 0.690. The summed E-state index contributed by atoms with van der Waals surface area (Å²) in [6.07, 6.45) is -7.13. The third kappa shape index (κ3) is 4.11. The van der Waals surface area contributed by atoms with Gasteiger partial charge in [0, 0.05) is 26.2 Å². The van der Waals surface area contributed by atoms with Crippen LogP contribution in [0.2, 0.25) is 0 Å². The maximum Gasteiger partial charge on any atom is 0.415 e. The maximum absolute atomic E-state index is 12.3. The molecule has 18 heavy (non-hydrogen) atoms. The van der Waals surface area contributed by atoms with Crippen LogP contribution in [-0.2, 0) is 9.53 Å². The zero-order chi connectivity index (χ0) is 13.8. The molecule has 0 aromatic heterocycles. The monoisotopic (exact) mass is 270 g/mol. The normalized spacial score (nSPS) is 23.7. The number of aliphatic hydroxyl groups excluding tert-OH is 1. The minimum absolute atomic E-state index is 0.172. The Morgan fingerprint density at radius 3 is 2.83 bits per heavy atom. The molecule has 106 valence electrons. The standard InChI is InChI=1S/C10H17F3N2O3/c1-2-18-9(17)7-5-14-3-4-15(7)6-8(16)10(11,12)13/h7-8,14,16H,2-6H2,1H3. The summed E-state index contributed by atoms with van der Waals surface area (Å²) in [6.45, 7) is 2.14. The fourth-order valence-electron chi connectivity index (χ4n) is 1.76. The van der Waals surface area contributed by atoms with Crippen LogP contribution in [-0.4, -0.2) is 67.1 Å². The van der Waals surface area contributed by atoms with Crippen molar-refractivity contribution in [3.63, 3.8) is 0 Å². The number of halogens is 3. The Hall–Kier alpha value is -0.860. The van der Waals surface area contributed by atoms with Gasteiger partial charge in [0.25, 0.3) is 0 Å². The summed E-state index contributed by atoms with van der Waals surface area (Å²) in [6, 6.07) is -0.782. The number of hydrogen-bond acceptors (Lipinski definition) is 5. The van der Waals surface area contributed by atoms with Crippen LogP contribution >= 0.6 is 0 Å². The summed E-state index contributed by atoms with van der Waals surface area (Å²) in [5.74, 6) is -0.570. The predicted molar refractivity (Wildman–Crippen MR) is 56.9 cm³/mol. The molecule has 1 fully saturated rings. The van der Waals surface area contributed by atoms with Crippen LogP contribution in [0.1, 0.15) is 6.92 Å². The molecule has 2 unspecified atom stereocenters. The molecule has 2 atom stereocenters. The van der Waals surface area contributed by atoms with E-state index in [-0.39, 0.29) is 19.7 Å². The van der Waals surface area contributed by atoms with E-state index in [1.807, 2.05) is 0 Å². The molecule has 0 bridgehead atoms. The van der Waals surface area contributed by atoms with E-state index >= 15 is 0 Å². The molecule has 1 aliphatic heterocycles. The van der Waals surface area contributed by atoms with Gasteiger partial charge in [-0.25, -0.2) is 0 Å². The highest BCUT2D eigenvalue weighted by Gasteiger charge is 2.41. The van der Waals surface area contributed by atoms with Gasteiger partial charge >= 0.3 is 12.1 Å². The number of carbonyl (C=O) groups excluding carboxylic acids is 1. The minimum atomic E-state index is -4.68. The van der Waals surface area contributed by atoms with E-state index in [9.17, 15) is 18.0 Å². The molecule has 0 amide bonds. The average Bonchev–Trinajstić information content (AvgIpc) is 2.28. The number of esters is 1. The number of rotatable bonds is 4. The predicted octanol–water partition coefficient (Wildman–Crippen LogP) is -0.253. The van der Waals surface area contributed by atoms with Crippen LogP contribution in [0.5, 0.6) is 0 Å². The van der Waals surface area contributed by atoms with E-state index < -0.39 is 30.8 Å². The molecule has 1 rings (SSSR count). The Morgan fingerprint density at radius 2 is 2.28 bits per heavy atom. The molecule has 0 aliphatic carbocycles. The number of hydrogen-bond donors (Lipinski definition) is 2. The van der Waals surface area contributed by atoms with E-state index in [2.05, 4.69) is 5.32 Å². The van der Waals surface area contributed by atoms with E-state index in [4.69, 9.17) is 9.84 Å². The largest absolute Gasteiger partial charge is 0.465 e. The number of carbonyl (C=O) groups is 1. The van der Waals surface area contributed by atoms with Gasteiger partial charge in [-0.15, -0.1) is 0 Å². The number of aliphatic hydroxyl groups is 1. The second kappa shape index (κ2) is 6.35. The van der Waals surface area contributed by atoms with Gasteiger partial charge < -0.3 is 15.2 Å². The Kier molecular flexibility index (Phi) is 5.36. The molecule has 0 saturated carbocycles. The van der Waals surface area contributed by atoms with Crippen molar-refractivity contribution in [3.05, 3.63) is 0 Å². The van der Waals surface area contributed by atoms with E-state index in [1.165, 1.54) is 4.90 Å². The number of ether oxygens (including phenoxy) is 1. The average molecular weight is 270 g/mol. The van der Waals surface area contributed by atoms with Gasteiger partial charge in [-0.2, -0.15) is 13.2 Å². The minimum Gasteiger partial charge on any atom is -0.465 e. The first-order chi connectivity index (χ1) is 8.36. The molecular weight excluding hydrogens is 253 g/mol. The summed E-state index contributed by atoms with van der Waals surface area (Å²) >= 11 is 0. The number of nitrogens with zero attached hydrogens (tertiary/aromatic N) is 1. The zero-order valence-corrected chi connectivity index (χ0v) is 10.0. The fraction of sp³-hybridized carbons (Fsp3) is 0.900. The Bertz CT molecular complexity index is 286. The SMILES string of the molecule is CCOC(=O)C1CNCCN1CC(O)C(F)(F)F. The fourth-order valence-corrected chi connectivity index (χ4v) is 1.76. The lowest BCUT2D eigenvalue weighted by Gasteiger charge is -2.35. The first-order valence-corrected chi connectivity index (χ1v) is 5.72. The number of alkyl halides is 3. The van der Waals surface area contributed by atoms with Gasteiger partial charge in [-0.1, -0.05) is 0 Å². The van der Waals surface area contributed by atoms with Crippen LogP contribution < -0.4 is 5.32 Å². The lowest BCUT2D eigenvalue weighted by Crippen LogP contribution is -2.58. The molecule has 0 spiro atoms. The van der Waals surface area contributed by atoms with Crippen LogP contribution in [0.15, 0.2) is 0 Å². The number of nitrogens with one attached hydrogen (secondary N) is 1.